The van der Waals surface area contributed by atoms with Crippen molar-refractivity contribution in [1.29, 1.82) is 0 Å². The molecule has 1 saturated heterocycles. The van der Waals surface area contributed by atoms with E-state index in [-0.39, 0.29) is 5.82 Å². The molecular weight excluding hydrogens is 317 g/mol. The fourth-order valence-corrected chi connectivity index (χ4v) is 3.37. The van der Waals surface area contributed by atoms with Gasteiger partial charge < -0.3 is 15.2 Å². The molecule has 4 rings (SSSR count). The van der Waals surface area contributed by atoms with Gasteiger partial charge in [0.1, 0.15) is 11.3 Å². The quantitative estimate of drug-likeness (QED) is 0.767. The lowest BCUT2D eigenvalue weighted by Gasteiger charge is -2.18. The van der Waals surface area contributed by atoms with Crippen LogP contribution >= 0.6 is 0 Å². The van der Waals surface area contributed by atoms with Gasteiger partial charge in [0.25, 0.3) is 0 Å². The van der Waals surface area contributed by atoms with Crippen LogP contribution in [0.2, 0.25) is 0 Å². The monoisotopic (exact) mass is 339 g/mol. The molecule has 0 amide bonds. The first-order valence-electron chi connectivity index (χ1n) is 8.81. The van der Waals surface area contributed by atoms with E-state index in [0.717, 1.165) is 54.9 Å². The summed E-state index contributed by atoms with van der Waals surface area (Å²) in [6.07, 6.45) is 6.95. The first-order chi connectivity index (χ1) is 12.3. The molecule has 130 valence electrons. The Balaban J connectivity index is 1.66. The van der Waals surface area contributed by atoms with Crippen LogP contribution in [0.5, 0.6) is 0 Å². The predicted octanol–water partition coefficient (Wildman–Crippen LogP) is 3.17. The Bertz CT molecular complexity index is 835. The highest BCUT2D eigenvalue weighted by Crippen LogP contribution is 2.22. The molecule has 0 radical (unpaired) electrons. The number of hydrogen-bond acceptors (Lipinski definition) is 4. The summed E-state index contributed by atoms with van der Waals surface area (Å²) in [6, 6.07) is 9.03. The second-order valence-electron chi connectivity index (χ2n) is 6.53. The van der Waals surface area contributed by atoms with Crippen LogP contribution in [0.3, 0.4) is 0 Å². The number of halogens is 1. The normalized spacial score (nSPS) is 18.2. The van der Waals surface area contributed by atoms with E-state index in [9.17, 15) is 4.39 Å². The van der Waals surface area contributed by atoms with Gasteiger partial charge in [-0.1, -0.05) is 12.1 Å². The van der Waals surface area contributed by atoms with E-state index in [1.54, 1.807) is 12.4 Å². The molecule has 6 heteroatoms. The molecule has 0 bridgehead atoms. The number of nitrogens with zero attached hydrogens (tertiary/aromatic N) is 3. The van der Waals surface area contributed by atoms with Gasteiger partial charge in [0.15, 0.2) is 0 Å². The molecule has 3 aromatic rings. The minimum Gasteiger partial charge on any atom is -0.353 e. The Labute approximate surface area is 146 Å². The van der Waals surface area contributed by atoms with E-state index in [2.05, 4.69) is 20.2 Å². The van der Waals surface area contributed by atoms with Crippen molar-refractivity contribution in [2.45, 2.75) is 31.8 Å². The average Bonchev–Trinajstić information content (AvgIpc) is 2.79. The largest absolute Gasteiger partial charge is 0.353 e. The number of anilines is 1. The molecule has 3 heterocycles. The molecule has 0 aliphatic carbocycles. The summed E-state index contributed by atoms with van der Waals surface area (Å²) in [5, 5.41) is 7.06. The Kier molecular flexibility index (Phi) is 4.61. The number of benzene rings is 1. The zero-order valence-electron chi connectivity index (χ0n) is 14.1. The predicted molar refractivity (Wildman–Crippen MR) is 97.2 cm³/mol. The summed E-state index contributed by atoms with van der Waals surface area (Å²) >= 11 is 0. The third-order valence-corrected chi connectivity index (χ3v) is 4.71. The van der Waals surface area contributed by atoms with Gasteiger partial charge in [0.05, 0.1) is 18.3 Å². The molecule has 2 N–H and O–H groups in total. The minimum atomic E-state index is -0.215. The van der Waals surface area contributed by atoms with Crippen molar-refractivity contribution in [3.05, 3.63) is 54.1 Å². The zero-order valence-corrected chi connectivity index (χ0v) is 14.1. The molecule has 25 heavy (non-hydrogen) atoms. The number of rotatable bonds is 4. The maximum Gasteiger partial charge on any atom is 0.204 e. The van der Waals surface area contributed by atoms with Gasteiger partial charge in [-0.25, -0.2) is 9.37 Å². The van der Waals surface area contributed by atoms with E-state index in [0.29, 0.717) is 12.6 Å². The van der Waals surface area contributed by atoms with Crippen molar-refractivity contribution < 1.29 is 4.39 Å². The van der Waals surface area contributed by atoms with E-state index in [4.69, 9.17) is 4.98 Å². The summed E-state index contributed by atoms with van der Waals surface area (Å²) in [4.78, 5) is 8.93. The maximum absolute atomic E-state index is 13.2. The van der Waals surface area contributed by atoms with Crippen molar-refractivity contribution in [3.63, 3.8) is 0 Å². The van der Waals surface area contributed by atoms with Gasteiger partial charge in [0, 0.05) is 12.2 Å². The Morgan fingerprint density at radius 2 is 2.04 bits per heavy atom. The molecule has 1 atom stereocenters. The van der Waals surface area contributed by atoms with Crippen LogP contribution in [0, 0.1) is 5.82 Å². The molecule has 1 aromatic carbocycles. The Morgan fingerprint density at radius 3 is 2.92 bits per heavy atom. The number of imidazole rings is 1. The summed E-state index contributed by atoms with van der Waals surface area (Å²) < 4.78 is 15.4. The highest BCUT2D eigenvalue weighted by molar-refractivity contribution is 5.77. The number of fused-ring (bicyclic) bond motifs is 1. The SMILES string of the molecule is Fc1ccc(Cn2c(NC3CCCNCC3)nc3cnccc32)cc1. The number of pyridine rings is 1. The van der Waals surface area contributed by atoms with Gasteiger partial charge >= 0.3 is 0 Å². The topological polar surface area (TPSA) is 54.8 Å². The molecule has 0 saturated carbocycles. The Hall–Kier alpha value is -2.47. The van der Waals surface area contributed by atoms with Crippen LogP contribution in [0.25, 0.3) is 11.0 Å². The van der Waals surface area contributed by atoms with E-state index < -0.39 is 0 Å². The summed E-state index contributed by atoms with van der Waals surface area (Å²) in [7, 11) is 0. The van der Waals surface area contributed by atoms with Gasteiger partial charge in [-0.3, -0.25) is 4.98 Å². The van der Waals surface area contributed by atoms with E-state index >= 15 is 0 Å². The first kappa shape index (κ1) is 16.0. The van der Waals surface area contributed by atoms with Crippen molar-refractivity contribution in [3.8, 4) is 0 Å². The fraction of sp³-hybridized carbons (Fsp3) is 0.368. The van der Waals surface area contributed by atoms with Gasteiger partial charge in [0.2, 0.25) is 5.95 Å². The minimum absolute atomic E-state index is 0.215. The second kappa shape index (κ2) is 7.19. The van der Waals surface area contributed by atoms with Crippen LogP contribution in [0.4, 0.5) is 10.3 Å². The molecule has 5 nitrogen and oxygen atoms in total. The number of aromatic nitrogens is 3. The number of hydrogen-bond donors (Lipinski definition) is 2. The number of nitrogens with one attached hydrogen (secondary N) is 2. The fourth-order valence-electron chi connectivity index (χ4n) is 3.37. The van der Waals surface area contributed by atoms with Crippen LogP contribution < -0.4 is 10.6 Å². The molecule has 0 spiro atoms. The van der Waals surface area contributed by atoms with Crippen molar-refractivity contribution in [2.75, 3.05) is 18.4 Å². The van der Waals surface area contributed by atoms with Crippen molar-refractivity contribution in [2.24, 2.45) is 0 Å². The molecule has 1 unspecified atom stereocenters. The third kappa shape index (κ3) is 3.64. The first-order valence-corrected chi connectivity index (χ1v) is 8.81. The lowest BCUT2D eigenvalue weighted by atomic mass is 10.1. The van der Waals surface area contributed by atoms with Crippen LogP contribution in [0.15, 0.2) is 42.7 Å². The van der Waals surface area contributed by atoms with Gasteiger partial charge in [-0.15, -0.1) is 0 Å². The zero-order chi connectivity index (χ0) is 17.1. The third-order valence-electron chi connectivity index (χ3n) is 4.71. The lowest BCUT2D eigenvalue weighted by molar-refractivity contribution is 0.623. The molecular formula is C19H22FN5. The smallest absolute Gasteiger partial charge is 0.204 e. The second-order valence-corrected chi connectivity index (χ2v) is 6.53. The van der Waals surface area contributed by atoms with Gasteiger partial charge in [-0.05, 0) is 56.1 Å². The van der Waals surface area contributed by atoms with E-state index in [1.165, 1.54) is 12.1 Å². The van der Waals surface area contributed by atoms with E-state index in [1.807, 2.05) is 18.2 Å². The lowest BCUT2D eigenvalue weighted by Crippen LogP contribution is -2.23. The maximum atomic E-state index is 13.2. The molecule has 1 aliphatic rings. The highest BCUT2D eigenvalue weighted by atomic mass is 19.1. The van der Waals surface area contributed by atoms with Crippen molar-refractivity contribution in [1.82, 2.24) is 19.9 Å². The molecule has 2 aromatic heterocycles. The summed E-state index contributed by atoms with van der Waals surface area (Å²) in [5.74, 6) is 0.645. The standard InChI is InChI=1S/C19H22FN5/c20-15-5-3-14(4-6-15)13-25-18-8-11-22-12-17(18)24-19(25)23-16-2-1-9-21-10-7-16/h3-6,8,11-12,16,21H,1-2,7,9-10,13H2,(H,23,24). The van der Waals surface area contributed by atoms with Gasteiger partial charge in [-0.2, -0.15) is 0 Å². The highest BCUT2D eigenvalue weighted by Gasteiger charge is 2.17. The van der Waals surface area contributed by atoms with Crippen LogP contribution in [-0.2, 0) is 6.54 Å². The Morgan fingerprint density at radius 1 is 1.16 bits per heavy atom. The van der Waals surface area contributed by atoms with Crippen LogP contribution in [-0.4, -0.2) is 33.7 Å². The molecule has 1 fully saturated rings. The summed E-state index contributed by atoms with van der Waals surface area (Å²) in [5.41, 5.74) is 2.95. The van der Waals surface area contributed by atoms with Crippen LogP contribution in [0.1, 0.15) is 24.8 Å². The summed E-state index contributed by atoms with van der Waals surface area (Å²) in [6.45, 7) is 2.75. The average molecular weight is 339 g/mol. The molecule has 1 aliphatic heterocycles. The van der Waals surface area contributed by atoms with Crippen molar-refractivity contribution >= 4 is 17.0 Å².